The third kappa shape index (κ3) is 2.23. The number of fused-ring (bicyclic) bond motifs is 1. The van der Waals surface area contributed by atoms with Crippen LogP contribution in [0.5, 0.6) is 0 Å². The van der Waals surface area contributed by atoms with Gasteiger partial charge in [-0.2, -0.15) is 13.2 Å². The summed E-state index contributed by atoms with van der Waals surface area (Å²) in [6, 6.07) is 2.30. The van der Waals surface area contributed by atoms with Gasteiger partial charge in [0.15, 0.2) is 0 Å². The topological polar surface area (TPSA) is 65.3 Å². The molecule has 98 valence electrons. The SMILES string of the molecule is C[C@H](N)c1nc2cccn2c(=O)n1CC(F)(F)F. The van der Waals surface area contributed by atoms with Crippen LogP contribution in [-0.2, 0) is 6.54 Å². The predicted molar refractivity (Wildman–Crippen MR) is 58.1 cm³/mol. The van der Waals surface area contributed by atoms with Crippen molar-refractivity contribution in [3.63, 3.8) is 0 Å². The van der Waals surface area contributed by atoms with E-state index in [-0.39, 0.29) is 11.5 Å². The quantitative estimate of drug-likeness (QED) is 0.878. The number of alkyl halides is 3. The van der Waals surface area contributed by atoms with E-state index >= 15 is 0 Å². The summed E-state index contributed by atoms with van der Waals surface area (Å²) in [6.45, 7) is 0.0813. The minimum atomic E-state index is -4.50. The second-order valence-electron chi connectivity index (χ2n) is 3.98. The molecule has 8 heteroatoms. The molecule has 0 aromatic carbocycles. The van der Waals surface area contributed by atoms with E-state index in [9.17, 15) is 18.0 Å². The van der Waals surface area contributed by atoms with Gasteiger partial charge in [0, 0.05) is 6.20 Å². The molecule has 2 heterocycles. The molecule has 0 saturated carbocycles. The number of rotatable bonds is 2. The zero-order valence-electron chi connectivity index (χ0n) is 9.48. The summed E-state index contributed by atoms with van der Waals surface area (Å²) in [5.41, 5.74) is 5.05. The second kappa shape index (κ2) is 4.13. The molecule has 18 heavy (non-hydrogen) atoms. The van der Waals surface area contributed by atoms with Gasteiger partial charge in [0.25, 0.3) is 0 Å². The van der Waals surface area contributed by atoms with Crippen molar-refractivity contribution in [2.24, 2.45) is 5.73 Å². The smallest absolute Gasteiger partial charge is 0.322 e. The van der Waals surface area contributed by atoms with E-state index in [2.05, 4.69) is 4.98 Å². The molecule has 2 aromatic heterocycles. The van der Waals surface area contributed by atoms with Gasteiger partial charge in [0.1, 0.15) is 18.0 Å². The van der Waals surface area contributed by atoms with Gasteiger partial charge >= 0.3 is 11.9 Å². The standard InChI is InChI=1S/C10H11F3N4O/c1-6(14)8-15-7-3-2-4-16(7)9(18)17(8)5-10(11,12)13/h2-4,6H,5,14H2,1H3/t6-/m0/s1. The fourth-order valence-electron chi connectivity index (χ4n) is 1.71. The zero-order chi connectivity index (χ0) is 13.5. The second-order valence-corrected chi connectivity index (χ2v) is 3.98. The van der Waals surface area contributed by atoms with Gasteiger partial charge in [0.2, 0.25) is 0 Å². The Kier molecular flexibility index (Phi) is 2.89. The van der Waals surface area contributed by atoms with E-state index in [1.807, 2.05) is 0 Å². The van der Waals surface area contributed by atoms with Gasteiger partial charge in [-0.15, -0.1) is 0 Å². The first-order valence-electron chi connectivity index (χ1n) is 5.20. The minimum Gasteiger partial charge on any atom is -0.322 e. The Hall–Kier alpha value is -1.83. The van der Waals surface area contributed by atoms with Crippen LogP contribution in [0.3, 0.4) is 0 Å². The Morgan fingerprint density at radius 2 is 2.17 bits per heavy atom. The minimum absolute atomic E-state index is 0.0801. The molecule has 0 unspecified atom stereocenters. The largest absolute Gasteiger partial charge is 0.406 e. The Bertz CT molecular complexity index is 626. The van der Waals surface area contributed by atoms with Gasteiger partial charge in [-0.1, -0.05) is 0 Å². The molecule has 0 radical (unpaired) electrons. The maximum Gasteiger partial charge on any atom is 0.406 e. The van der Waals surface area contributed by atoms with Crippen LogP contribution in [-0.4, -0.2) is 20.1 Å². The summed E-state index contributed by atoms with van der Waals surface area (Å²) in [7, 11) is 0. The normalized spacial score (nSPS) is 14.1. The highest BCUT2D eigenvalue weighted by molar-refractivity contribution is 5.38. The zero-order valence-corrected chi connectivity index (χ0v) is 9.48. The van der Waals surface area contributed by atoms with Crippen molar-refractivity contribution in [1.82, 2.24) is 14.0 Å². The number of hydrogen-bond acceptors (Lipinski definition) is 3. The van der Waals surface area contributed by atoms with Crippen LogP contribution >= 0.6 is 0 Å². The number of aromatic nitrogens is 3. The number of hydrogen-bond donors (Lipinski definition) is 1. The van der Waals surface area contributed by atoms with E-state index in [1.165, 1.54) is 25.3 Å². The molecule has 0 aliphatic rings. The lowest BCUT2D eigenvalue weighted by molar-refractivity contribution is -0.142. The monoisotopic (exact) mass is 260 g/mol. The Balaban J connectivity index is 2.71. The van der Waals surface area contributed by atoms with Crippen LogP contribution in [0.15, 0.2) is 23.1 Å². The molecule has 0 aliphatic carbocycles. The fraction of sp³-hybridized carbons (Fsp3) is 0.400. The molecule has 0 bridgehead atoms. The highest BCUT2D eigenvalue weighted by Gasteiger charge is 2.31. The van der Waals surface area contributed by atoms with E-state index < -0.39 is 24.5 Å². The Morgan fingerprint density at radius 1 is 1.50 bits per heavy atom. The van der Waals surface area contributed by atoms with Crippen molar-refractivity contribution in [1.29, 1.82) is 0 Å². The molecule has 0 amide bonds. The Labute approximate surface area is 99.7 Å². The summed E-state index contributed by atoms with van der Waals surface area (Å²) >= 11 is 0. The molecule has 0 aliphatic heterocycles. The van der Waals surface area contributed by atoms with Crippen LogP contribution in [0.25, 0.3) is 5.65 Å². The first-order valence-corrected chi connectivity index (χ1v) is 5.20. The van der Waals surface area contributed by atoms with Gasteiger partial charge < -0.3 is 5.73 Å². The maximum atomic E-state index is 12.5. The van der Waals surface area contributed by atoms with Crippen LogP contribution in [0.4, 0.5) is 13.2 Å². The number of nitrogens with zero attached hydrogens (tertiary/aromatic N) is 3. The van der Waals surface area contributed by atoms with E-state index in [1.54, 1.807) is 0 Å². The fourth-order valence-corrected chi connectivity index (χ4v) is 1.71. The van der Waals surface area contributed by atoms with E-state index in [0.29, 0.717) is 4.57 Å². The van der Waals surface area contributed by atoms with Crippen molar-refractivity contribution < 1.29 is 13.2 Å². The van der Waals surface area contributed by atoms with Crippen LogP contribution in [0.2, 0.25) is 0 Å². The molecular formula is C10H11F3N4O. The molecule has 5 nitrogen and oxygen atoms in total. The van der Waals surface area contributed by atoms with Gasteiger partial charge in [-0.3, -0.25) is 8.97 Å². The van der Waals surface area contributed by atoms with Gasteiger partial charge in [-0.05, 0) is 19.1 Å². The molecular weight excluding hydrogens is 249 g/mol. The molecule has 2 rings (SSSR count). The average Bonchev–Trinajstić information content (AvgIpc) is 2.68. The van der Waals surface area contributed by atoms with Gasteiger partial charge in [0.05, 0.1) is 6.04 Å². The third-order valence-corrected chi connectivity index (χ3v) is 2.41. The molecule has 2 aromatic rings. The first-order chi connectivity index (χ1) is 8.29. The highest BCUT2D eigenvalue weighted by Crippen LogP contribution is 2.18. The summed E-state index contributed by atoms with van der Waals surface area (Å²) in [4.78, 5) is 15.9. The van der Waals surface area contributed by atoms with E-state index in [0.717, 1.165) is 4.40 Å². The molecule has 0 fully saturated rings. The van der Waals surface area contributed by atoms with Gasteiger partial charge in [-0.25, -0.2) is 9.78 Å². The highest BCUT2D eigenvalue weighted by atomic mass is 19.4. The molecule has 0 spiro atoms. The van der Waals surface area contributed by atoms with Crippen LogP contribution < -0.4 is 11.4 Å². The predicted octanol–water partition coefficient (Wildman–Crippen LogP) is 1.08. The summed E-state index contributed by atoms with van der Waals surface area (Å²) in [5, 5.41) is 0. The lowest BCUT2D eigenvalue weighted by Crippen LogP contribution is -2.36. The number of halogens is 3. The van der Waals surface area contributed by atoms with Crippen molar-refractivity contribution in [2.45, 2.75) is 25.7 Å². The first kappa shape index (κ1) is 12.6. The van der Waals surface area contributed by atoms with Crippen molar-refractivity contribution in [3.05, 3.63) is 34.6 Å². The van der Waals surface area contributed by atoms with Crippen LogP contribution in [0.1, 0.15) is 18.8 Å². The lowest BCUT2D eigenvalue weighted by atomic mass is 10.3. The lowest BCUT2D eigenvalue weighted by Gasteiger charge is -2.16. The molecule has 1 atom stereocenters. The summed E-state index contributed by atoms with van der Waals surface area (Å²) in [6.07, 6.45) is -3.14. The third-order valence-electron chi connectivity index (χ3n) is 2.41. The number of nitrogens with two attached hydrogens (primary N) is 1. The van der Waals surface area contributed by atoms with Crippen molar-refractivity contribution in [2.75, 3.05) is 0 Å². The summed E-state index contributed by atoms with van der Waals surface area (Å²) in [5.74, 6) is -0.0801. The Morgan fingerprint density at radius 3 is 2.72 bits per heavy atom. The van der Waals surface area contributed by atoms with Crippen molar-refractivity contribution in [3.8, 4) is 0 Å². The molecule has 0 saturated heterocycles. The van der Waals surface area contributed by atoms with Crippen molar-refractivity contribution >= 4 is 5.65 Å². The van der Waals surface area contributed by atoms with E-state index in [4.69, 9.17) is 5.73 Å². The maximum absolute atomic E-state index is 12.5. The average molecular weight is 260 g/mol. The summed E-state index contributed by atoms with van der Waals surface area (Å²) < 4.78 is 39.0. The molecule has 2 N–H and O–H groups in total. The van der Waals surface area contributed by atoms with Crippen LogP contribution in [0, 0.1) is 0 Å².